The molecule has 0 aliphatic rings. The Kier molecular flexibility index (Phi) is 9.45. The Labute approximate surface area is 242 Å². The lowest BCUT2D eigenvalue weighted by atomic mass is 10.1. The van der Waals surface area contributed by atoms with E-state index in [1.165, 1.54) is 0 Å². The highest BCUT2D eigenvalue weighted by molar-refractivity contribution is 9.10. The fraction of sp³-hybridized carbons (Fsp3) is 0.222. The summed E-state index contributed by atoms with van der Waals surface area (Å²) in [5.74, 6) is -7.19. The van der Waals surface area contributed by atoms with E-state index in [-0.39, 0.29) is 24.3 Å². The number of hydrogen-bond acceptors (Lipinski definition) is 6. The number of carbonyl (C=O) groups is 2. The van der Waals surface area contributed by atoms with E-state index in [0.717, 1.165) is 0 Å². The summed E-state index contributed by atoms with van der Waals surface area (Å²) < 4.78 is 206. The Balaban J connectivity index is 3.08. The largest absolute Gasteiger partial charge is 0.517 e. The van der Waals surface area contributed by atoms with Gasteiger partial charge in [-0.05, 0) is 36.4 Å². The topological polar surface area (TPSA) is 109 Å². The smallest absolute Gasteiger partial charge is 0.262 e. The first-order valence-electron chi connectivity index (χ1n) is 9.61. The van der Waals surface area contributed by atoms with E-state index >= 15 is 0 Å². The fourth-order valence-corrected chi connectivity index (χ4v) is 5.47. The zero-order valence-electron chi connectivity index (χ0n) is 18.9. The van der Waals surface area contributed by atoms with Gasteiger partial charge in [-0.15, -0.1) is 0 Å². The van der Waals surface area contributed by atoms with Crippen LogP contribution in [0.5, 0.6) is 0 Å². The molecule has 42 heavy (non-hydrogen) atoms. The summed E-state index contributed by atoms with van der Waals surface area (Å²) in [6.45, 7) is 0. The molecule has 0 radical (unpaired) electrons. The maximum atomic E-state index is 13.6. The number of alkyl halides is 12. The maximum Gasteiger partial charge on any atom is 0.517 e. The van der Waals surface area contributed by atoms with Crippen molar-refractivity contribution in [3.05, 3.63) is 56.5 Å². The van der Waals surface area contributed by atoms with Crippen LogP contribution in [0.4, 0.5) is 64.1 Å². The molecule has 0 bridgehead atoms. The standard InChI is InChI=1S/C18H6Br2F12N2O6S2/c19-7-1-3-11(9(5-7)15(21,22)23)33(41(37,38)17(27,28)29)13(35)14(36)34(42(39,40)18(30,31)32)12-4-2-8(20)6-10(12)16(24,25)26/h1-6H. The summed E-state index contributed by atoms with van der Waals surface area (Å²) in [5.41, 5.74) is -23.2. The highest BCUT2D eigenvalue weighted by atomic mass is 79.9. The van der Waals surface area contributed by atoms with Crippen LogP contribution in [0.3, 0.4) is 0 Å². The fourth-order valence-electron chi connectivity index (χ4n) is 2.90. The van der Waals surface area contributed by atoms with Crippen LogP contribution in [0.25, 0.3) is 0 Å². The minimum atomic E-state index is -7.56. The number of rotatable bonds is 4. The minimum Gasteiger partial charge on any atom is -0.262 e. The Morgan fingerprint density at radius 2 is 0.810 bits per heavy atom. The maximum absolute atomic E-state index is 13.6. The number of sulfonamides is 2. The van der Waals surface area contributed by atoms with Crippen molar-refractivity contribution < 1.29 is 79.1 Å². The van der Waals surface area contributed by atoms with Gasteiger partial charge >= 0.3 is 55.2 Å². The van der Waals surface area contributed by atoms with Crippen LogP contribution in [-0.2, 0) is 42.0 Å². The number of benzene rings is 2. The zero-order valence-corrected chi connectivity index (χ0v) is 23.7. The molecule has 0 spiro atoms. The number of carbonyl (C=O) groups excluding carboxylic acids is 2. The Bertz CT molecular complexity index is 1510. The number of anilines is 2. The zero-order chi connectivity index (χ0) is 33.0. The summed E-state index contributed by atoms with van der Waals surface area (Å²) in [7, 11) is -15.1. The van der Waals surface area contributed by atoms with Crippen LogP contribution >= 0.6 is 31.9 Å². The second-order valence-corrected chi connectivity index (χ2v) is 12.7. The van der Waals surface area contributed by atoms with Crippen molar-refractivity contribution in [1.82, 2.24) is 0 Å². The Morgan fingerprint density at radius 1 is 0.548 bits per heavy atom. The molecule has 2 aromatic carbocycles. The molecule has 0 N–H and O–H groups in total. The molecule has 0 aliphatic heterocycles. The van der Waals surface area contributed by atoms with Gasteiger partial charge in [-0.3, -0.25) is 9.59 Å². The van der Waals surface area contributed by atoms with E-state index in [2.05, 4.69) is 31.9 Å². The Morgan fingerprint density at radius 3 is 1.02 bits per heavy atom. The van der Waals surface area contributed by atoms with Crippen LogP contribution in [0.15, 0.2) is 45.3 Å². The van der Waals surface area contributed by atoms with Gasteiger partial charge in [-0.25, -0.2) is 0 Å². The molecule has 24 heteroatoms. The molecular weight excluding hydrogens is 792 g/mol. The molecule has 2 aromatic rings. The third kappa shape index (κ3) is 6.79. The second kappa shape index (κ2) is 11.2. The van der Waals surface area contributed by atoms with Gasteiger partial charge in [0.1, 0.15) is 0 Å². The SMILES string of the molecule is O=C(C(=O)N(c1ccc(Br)cc1C(F)(F)F)S(=O)(=O)C(F)(F)F)N(c1ccc(Br)cc1C(F)(F)F)S(=O)(=O)C(F)(F)F. The van der Waals surface area contributed by atoms with Gasteiger partial charge in [0.2, 0.25) is 0 Å². The van der Waals surface area contributed by atoms with E-state index in [9.17, 15) is 79.1 Å². The number of halogens is 14. The van der Waals surface area contributed by atoms with Gasteiger partial charge < -0.3 is 0 Å². The van der Waals surface area contributed by atoms with E-state index in [1.54, 1.807) is 0 Å². The average molecular weight is 798 g/mol. The van der Waals surface area contributed by atoms with Crippen LogP contribution in [0.2, 0.25) is 0 Å². The van der Waals surface area contributed by atoms with Gasteiger partial charge in [0.25, 0.3) is 0 Å². The average Bonchev–Trinajstić information content (AvgIpc) is 2.78. The molecule has 2 amide bonds. The molecule has 2 rings (SSSR count). The molecule has 0 atom stereocenters. The molecule has 0 aromatic heterocycles. The van der Waals surface area contributed by atoms with Crippen molar-refractivity contribution in [2.75, 3.05) is 8.61 Å². The molecular formula is C18H6Br2F12N2O6S2. The van der Waals surface area contributed by atoms with Crippen LogP contribution < -0.4 is 8.61 Å². The third-order valence-corrected chi connectivity index (χ3v) is 8.43. The first-order valence-corrected chi connectivity index (χ1v) is 14.1. The third-order valence-electron chi connectivity index (χ3n) is 4.58. The lowest BCUT2D eigenvalue weighted by Crippen LogP contribution is -2.55. The quantitative estimate of drug-likeness (QED) is 0.265. The highest BCUT2D eigenvalue weighted by Crippen LogP contribution is 2.44. The summed E-state index contributed by atoms with van der Waals surface area (Å²) >= 11 is 4.93. The van der Waals surface area contributed by atoms with E-state index in [4.69, 9.17) is 0 Å². The second-order valence-electron chi connectivity index (χ2n) is 7.36. The molecule has 0 aliphatic carbocycles. The van der Waals surface area contributed by atoms with Crippen molar-refractivity contribution >= 4 is 75.1 Å². The summed E-state index contributed by atoms with van der Waals surface area (Å²) in [4.78, 5) is 25.7. The Hall–Kier alpha value is -2.60. The van der Waals surface area contributed by atoms with Crippen molar-refractivity contribution in [2.24, 2.45) is 0 Å². The first kappa shape index (κ1) is 35.6. The van der Waals surface area contributed by atoms with Crippen molar-refractivity contribution in [2.45, 2.75) is 23.4 Å². The number of hydrogen-bond donors (Lipinski definition) is 0. The van der Waals surface area contributed by atoms with E-state index in [1.807, 2.05) is 0 Å². The normalized spacial score (nSPS) is 13.6. The molecule has 0 heterocycles. The van der Waals surface area contributed by atoms with Gasteiger partial charge in [0.05, 0.1) is 22.5 Å². The molecule has 234 valence electrons. The monoisotopic (exact) mass is 796 g/mol. The molecule has 0 saturated heterocycles. The van der Waals surface area contributed by atoms with Crippen molar-refractivity contribution in [1.29, 1.82) is 0 Å². The van der Waals surface area contributed by atoms with Crippen molar-refractivity contribution in [3.8, 4) is 0 Å². The molecule has 8 nitrogen and oxygen atoms in total. The summed E-state index contributed by atoms with van der Waals surface area (Å²) in [6, 6.07) is 0.138. The van der Waals surface area contributed by atoms with Crippen molar-refractivity contribution in [3.63, 3.8) is 0 Å². The van der Waals surface area contributed by atoms with Gasteiger partial charge in [-0.1, -0.05) is 31.9 Å². The summed E-state index contributed by atoms with van der Waals surface area (Å²) in [5, 5.41) is 0. The van der Waals surface area contributed by atoms with Gasteiger partial charge in [-0.2, -0.15) is 78.1 Å². The minimum absolute atomic E-state index is 0.132. The van der Waals surface area contributed by atoms with E-state index < -0.39 is 95.3 Å². The number of nitrogens with zero attached hydrogens (tertiary/aromatic N) is 2. The molecule has 0 fully saturated rings. The molecule has 0 unspecified atom stereocenters. The predicted molar refractivity (Wildman–Crippen MR) is 123 cm³/mol. The van der Waals surface area contributed by atoms with Gasteiger partial charge in [0.15, 0.2) is 0 Å². The van der Waals surface area contributed by atoms with Crippen LogP contribution in [0, 0.1) is 0 Å². The molecule has 0 saturated carbocycles. The number of amides is 2. The first-order chi connectivity index (χ1) is 18.6. The summed E-state index contributed by atoms with van der Waals surface area (Å²) in [6.07, 6.45) is -11.7. The van der Waals surface area contributed by atoms with Crippen LogP contribution in [-0.4, -0.2) is 39.7 Å². The lowest BCUT2D eigenvalue weighted by molar-refractivity contribution is -0.139. The predicted octanol–water partition coefficient (Wildman–Crippen LogP) is 6.31. The van der Waals surface area contributed by atoms with E-state index in [0.29, 0.717) is 12.1 Å². The highest BCUT2D eigenvalue weighted by Gasteiger charge is 2.59. The lowest BCUT2D eigenvalue weighted by Gasteiger charge is -2.29. The van der Waals surface area contributed by atoms with Gasteiger partial charge in [0, 0.05) is 8.95 Å². The van der Waals surface area contributed by atoms with Crippen LogP contribution in [0.1, 0.15) is 11.1 Å².